The minimum atomic E-state index is -0.0458. The van der Waals surface area contributed by atoms with Crippen molar-refractivity contribution in [3.63, 3.8) is 0 Å². The van der Waals surface area contributed by atoms with E-state index in [2.05, 4.69) is 4.98 Å². The van der Waals surface area contributed by atoms with Gasteiger partial charge < -0.3 is 10.5 Å². The first kappa shape index (κ1) is 13.5. The highest BCUT2D eigenvalue weighted by Gasteiger charge is 2.39. The summed E-state index contributed by atoms with van der Waals surface area (Å²) < 4.78 is 5.45. The third-order valence-corrected chi connectivity index (χ3v) is 2.05. The molecule has 1 aromatic rings. The molecule has 5 heteroatoms. The van der Waals surface area contributed by atoms with Crippen molar-refractivity contribution < 1.29 is 4.74 Å². The molecular formula is C9H14Cl2N2O. The minimum absolute atomic E-state index is 0. The Kier molecular flexibility index (Phi) is 5.19. The second-order valence-corrected chi connectivity index (χ2v) is 3.34. The first-order valence-corrected chi connectivity index (χ1v) is 4.10. The van der Waals surface area contributed by atoms with Crippen molar-refractivity contribution in [3.8, 4) is 5.75 Å². The molecule has 1 aliphatic rings. The van der Waals surface area contributed by atoms with E-state index in [-0.39, 0.29) is 30.4 Å². The number of hydrogen-bond acceptors (Lipinski definition) is 3. The van der Waals surface area contributed by atoms with E-state index in [0.29, 0.717) is 6.61 Å². The van der Waals surface area contributed by atoms with Gasteiger partial charge in [0, 0.05) is 6.20 Å². The Balaban J connectivity index is 0.000000845. The smallest absolute Gasteiger partial charge is 0.137 e. The number of aromatic nitrogens is 1. The van der Waals surface area contributed by atoms with Crippen LogP contribution in [0.1, 0.15) is 12.8 Å². The van der Waals surface area contributed by atoms with E-state index in [1.807, 2.05) is 12.1 Å². The molecular weight excluding hydrogens is 223 g/mol. The first-order valence-electron chi connectivity index (χ1n) is 4.10. The molecule has 2 N–H and O–H groups in total. The summed E-state index contributed by atoms with van der Waals surface area (Å²) in [4.78, 5) is 3.94. The number of rotatable bonds is 3. The van der Waals surface area contributed by atoms with Crippen LogP contribution in [0.25, 0.3) is 0 Å². The summed E-state index contributed by atoms with van der Waals surface area (Å²) in [5, 5.41) is 0. The summed E-state index contributed by atoms with van der Waals surface area (Å²) in [5.41, 5.74) is 5.80. The Labute approximate surface area is 95.9 Å². The van der Waals surface area contributed by atoms with Gasteiger partial charge in [-0.15, -0.1) is 24.8 Å². The van der Waals surface area contributed by atoms with Crippen LogP contribution in [-0.4, -0.2) is 17.1 Å². The zero-order valence-corrected chi connectivity index (χ0v) is 9.31. The molecule has 0 amide bonds. The third kappa shape index (κ3) is 3.70. The monoisotopic (exact) mass is 236 g/mol. The normalized spacial score (nSPS) is 16.1. The molecule has 1 saturated carbocycles. The van der Waals surface area contributed by atoms with E-state index in [0.717, 1.165) is 18.6 Å². The fourth-order valence-electron chi connectivity index (χ4n) is 0.964. The molecule has 3 nitrogen and oxygen atoms in total. The Morgan fingerprint density at radius 3 is 2.64 bits per heavy atom. The van der Waals surface area contributed by atoms with Gasteiger partial charge in [0.1, 0.15) is 12.4 Å². The molecule has 80 valence electrons. The summed E-state index contributed by atoms with van der Waals surface area (Å²) in [6, 6.07) is 3.74. The lowest BCUT2D eigenvalue weighted by atomic mass is 10.3. The lowest BCUT2D eigenvalue weighted by molar-refractivity contribution is 0.278. The van der Waals surface area contributed by atoms with E-state index >= 15 is 0 Å². The number of pyridine rings is 1. The Bertz CT molecular complexity index is 265. The van der Waals surface area contributed by atoms with Gasteiger partial charge in [-0.25, -0.2) is 0 Å². The molecule has 0 radical (unpaired) electrons. The van der Waals surface area contributed by atoms with E-state index in [9.17, 15) is 0 Å². The molecule has 1 aliphatic carbocycles. The van der Waals surface area contributed by atoms with Crippen molar-refractivity contribution in [2.75, 3.05) is 6.61 Å². The third-order valence-electron chi connectivity index (χ3n) is 2.05. The van der Waals surface area contributed by atoms with Crippen molar-refractivity contribution in [2.45, 2.75) is 18.4 Å². The summed E-state index contributed by atoms with van der Waals surface area (Å²) in [5.74, 6) is 0.800. The highest BCUT2D eigenvalue weighted by atomic mass is 35.5. The predicted octanol–water partition coefficient (Wildman–Crippen LogP) is 1.80. The Morgan fingerprint density at radius 2 is 2.14 bits per heavy atom. The lowest BCUT2D eigenvalue weighted by Gasteiger charge is -2.09. The SMILES string of the molecule is Cl.Cl.NC1(COc2cccnc2)CC1. The summed E-state index contributed by atoms with van der Waals surface area (Å²) >= 11 is 0. The number of nitrogens with two attached hydrogens (primary N) is 1. The molecule has 0 spiro atoms. The van der Waals surface area contributed by atoms with Gasteiger partial charge in [-0.05, 0) is 25.0 Å². The maximum Gasteiger partial charge on any atom is 0.137 e. The van der Waals surface area contributed by atoms with Gasteiger partial charge in [0.15, 0.2) is 0 Å². The van der Waals surface area contributed by atoms with E-state index in [4.69, 9.17) is 10.5 Å². The van der Waals surface area contributed by atoms with Gasteiger partial charge in [0.05, 0.1) is 11.7 Å². The molecule has 0 atom stereocenters. The van der Waals surface area contributed by atoms with Crippen LogP contribution in [0.4, 0.5) is 0 Å². The standard InChI is InChI=1S/C9H12N2O.2ClH/c10-9(3-4-9)7-12-8-2-1-5-11-6-8;;/h1-2,5-6H,3-4,7,10H2;2*1H. The van der Waals surface area contributed by atoms with Crippen LogP contribution in [0.2, 0.25) is 0 Å². The number of hydrogen-bond donors (Lipinski definition) is 1. The molecule has 14 heavy (non-hydrogen) atoms. The minimum Gasteiger partial charge on any atom is -0.490 e. The summed E-state index contributed by atoms with van der Waals surface area (Å²) in [6.45, 7) is 0.610. The van der Waals surface area contributed by atoms with E-state index in [1.54, 1.807) is 12.4 Å². The zero-order valence-electron chi connectivity index (χ0n) is 7.68. The largest absolute Gasteiger partial charge is 0.490 e. The fraction of sp³-hybridized carbons (Fsp3) is 0.444. The molecule has 1 heterocycles. The average Bonchev–Trinajstić information content (AvgIpc) is 2.84. The van der Waals surface area contributed by atoms with Gasteiger partial charge in [0.25, 0.3) is 0 Å². The summed E-state index contributed by atoms with van der Waals surface area (Å²) in [6.07, 6.45) is 5.58. The fourth-order valence-corrected chi connectivity index (χ4v) is 0.964. The van der Waals surface area contributed by atoms with Gasteiger partial charge in [-0.2, -0.15) is 0 Å². The van der Waals surface area contributed by atoms with Crippen molar-refractivity contribution >= 4 is 24.8 Å². The number of nitrogens with zero attached hydrogens (tertiary/aromatic N) is 1. The average molecular weight is 237 g/mol. The van der Waals surface area contributed by atoms with Crippen LogP contribution in [0, 0.1) is 0 Å². The van der Waals surface area contributed by atoms with Crippen LogP contribution in [0.5, 0.6) is 5.75 Å². The Hall–Kier alpha value is -0.510. The summed E-state index contributed by atoms with van der Waals surface area (Å²) in [7, 11) is 0. The molecule has 0 saturated heterocycles. The van der Waals surface area contributed by atoms with Crippen LogP contribution in [0.15, 0.2) is 24.5 Å². The quantitative estimate of drug-likeness (QED) is 0.871. The molecule has 0 aromatic carbocycles. The maximum absolute atomic E-state index is 5.85. The van der Waals surface area contributed by atoms with Gasteiger partial charge in [-0.3, -0.25) is 4.98 Å². The van der Waals surface area contributed by atoms with Crippen LogP contribution < -0.4 is 10.5 Å². The van der Waals surface area contributed by atoms with Crippen LogP contribution in [0.3, 0.4) is 0 Å². The molecule has 0 bridgehead atoms. The topological polar surface area (TPSA) is 48.1 Å². The molecule has 0 aliphatic heterocycles. The molecule has 1 aromatic heterocycles. The highest BCUT2D eigenvalue weighted by Crippen LogP contribution is 2.32. The van der Waals surface area contributed by atoms with E-state index in [1.165, 1.54) is 0 Å². The second kappa shape index (κ2) is 5.39. The van der Waals surface area contributed by atoms with Crippen molar-refractivity contribution in [2.24, 2.45) is 5.73 Å². The zero-order chi connectivity index (χ0) is 8.44. The maximum atomic E-state index is 5.85. The van der Waals surface area contributed by atoms with Gasteiger partial charge in [-0.1, -0.05) is 0 Å². The number of halogens is 2. The van der Waals surface area contributed by atoms with Gasteiger partial charge in [0.2, 0.25) is 0 Å². The van der Waals surface area contributed by atoms with Gasteiger partial charge >= 0.3 is 0 Å². The Morgan fingerprint density at radius 1 is 1.43 bits per heavy atom. The molecule has 1 fully saturated rings. The first-order chi connectivity index (χ1) is 5.79. The molecule has 0 unspecified atom stereocenters. The lowest BCUT2D eigenvalue weighted by Crippen LogP contribution is -2.29. The van der Waals surface area contributed by atoms with Crippen LogP contribution in [-0.2, 0) is 0 Å². The van der Waals surface area contributed by atoms with Crippen molar-refractivity contribution in [1.29, 1.82) is 0 Å². The number of ether oxygens (including phenoxy) is 1. The second-order valence-electron chi connectivity index (χ2n) is 3.34. The highest BCUT2D eigenvalue weighted by molar-refractivity contribution is 5.85. The van der Waals surface area contributed by atoms with E-state index < -0.39 is 0 Å². The van der Waals surface area contributed by atoms with Crippen LogP contribution >= 0.6 is 24.8 Å². The van der Waals surface area contributed by atoms with Crippen molar-refractivity contribution in [3.05, 3.63) is 24.5 Å². The van der Waals surface area contributed by atoms with Crippen molar-refractivity contribution in [1.82, 2.24) is 4.98 Å². The predicted molar refractivity (Wildman–Crippen MR) is 60.4 cm³/mol. The molecule has 2 rings (SSSR count).